The number of esters is 1. The third-order valence-electron chi connectivity index (χ3n) is 1.45. The van der Waals surface area contributed by atoms with E-state index in [0.717, 1.165) is 4.90 Å². The summed E-state index contributed by atoms with van der Waals surface area (Å²) in [6, 6.07) is 9.79. The molecule has 0 atom stereocenters. The lowest BCUT2D eigenvalue weighted by atomic mass is 10.3. The van der Waals surface area contributed by atoms with Crippen molar-refractivity contribution in [2.24, 2.45) is 0 Å². The highest BCUT2D eigenvalue weighted by atomic mass is 32.1. The van der Waals surface area contributed by atoms with Crippen molar-refractivity contribution in [3.63, 3.8) is 0 Å². The van der Waals surface area contributed by atoms with Crippen LogP contribution in [0.4, 0.5) is 0 Å². The molecule has 1 aromatic rings. The first-order valence-electron chi connectivity index (χ1n) is 4.45. The molecular formula is C11H14O3S. The lowest BCUT2D eigenvalue weighted by Gasteiger charge is -1.90. The molecule has 0 aliphatic carbocycles. The Morgan fingerprint density at radius 2 is 2.00 bits per heavy atom. The van der Waals surface area contributed by atoms with Gasteiger partial charge in [-0.25, -0.2) is 0 Å². The van der Waals surface area contributed by atoms with Crippen molar-refractivity contribution < 1.29 is 14.3 Å². The minimum atomic E-state index is -0.336. The normalized spacial score (nSPS) is 8.40. The van der Waals surface area contributed by atoms with Gasteiger partial charge in [0, 0.05) is 11.3 Å². The van der Waals surface area contributed by atoms with Crippen LogP contribution in [-0.2, 0) is 14.3 Å². The smallest absolute Gasteiger partial charge is 0.305 e. The number of rotatable bonds is 3. The second-order valence-electron chi connectivity index (χ2n) is 2.62. The average Bonchev–Trinajstić information content (AvgIpc) is 2.28. The van der Waals surface area contributed by atoms with Crippen molar-refractivity contribution in [2.45, 2.75) is 17.7 Å². The van der Waals surface area contributed by atoms with Gasteiger partial charge in [0.2, 0.25) is 0 Å². The molecule has 0 aliphatic heterocycles. The number of hydrogen-bond acceptors (Lipinski definition) is 4. The second-order valence-corrected chi connectivity index (χ2v) is 3.13. The lowest BCUT2D eigenvalue weighted by molar-refractivity contribution is -0.141. The van der Waals surface area contributed by atoms with Gasteiger partial charge >= 0.3 is 5.97 Å². The van der Waals surface area contributed by atoms with Crippen LogP contribution in [0.1, 0.15) is 12.8 Å². The molecule has 0 N–H and O–H groups in total. The van der Waals surface area contributed by atoms with Crippen molar-refractivity contribution in [1.29, 1.82) is 0 Å². The molecular weight excluding hydrogens is 212 g/mol. The van der Waals surface area contributed by atoms with Crippen molar-refractivity contribution in [3.05, 3.63) is 30.3 Å². The van der Waals surface area contributed by atoms with Crippen molar-refractivity contribution in [3.8, 4) is 0 Å². The molecule has 15 heavy (non-hydrogen) atoms. The number of thiol groups is 1. The summed E-state index contributed by atoms with van der Waals surface area (Å²) in [5.41, 5.74) is 0. The molecule has 4 heteroatoms. The Kier molecular flexibility index (Phi) is 8.47. The van der Waals surface area contributed by atoms with Gasteiger partial charge in [-0.2, -0.15) is 0 Å². The third kappa shape index (κ3) is 9.02. The fraction of sp³-hybridized carbons (Fsp3) is 0.273. The van der Waals surface area contributed by atoms with Crippen LogP contribution >= 0.6 is 12.6 Å². The number of hydrogen-bond donors (Lipinski definition) is 1. The van der Waals surface area contributed by atoms with Gasteiger partial charge < -0.3 is 9.53 Å². The SMILES string of the molecule is COC(=O)CCC=O.Sc1ccccc1. The fourth-order valence-electron chi connectivity index (χ4n) is 0.707. The number of aldehydes is 1. The number of carbonyl (C=O) groups is 2. The number of methoxy groups -OCH3 is 1. The van der Waals surface area contributed by atoms with Crippen LogP contribution in [0.5, 0.6) is 0 Å². The number of benzene rings is 1. The van der Waals surface area contributed by atoms with Crippen LogP contribution < -0.4 is 0 Å². The van der Waals surface area contributed by atoms with Crippen LogP contribution in [0, 0.1) is 0 Å². The van der Waals surface area contributed by atoms with Crippen LogP contribution in [0.15, 0.2) is 35.2 Å². The summed E-state index contributed by atoms with van der Waals surface area (Å²) in [6.07, 6.45) is 1.14. The molecule has 0 bridgehead atoms. The molecule has 0 radical (unpaired) electrons. The summed E-state index contributed by atoms with van der Waals surface area (Å²) in [6.45, 7) is 0. The number of carbonyl (C=O) groups excluding carboxylic acids is 2. The van der Waals surface area contributed by atoms with Gasteiger partial charge in [0.25, 0.3) is 0 Å². The highest BCUT2D eigenvalue weighted by Crippen LogP contribution is 2.00. The van der Waals surface area contributed by atoms with Crippen molar-refractivity contribution >= 4 is 24.9 Å². The van der Waals surface area contributed by atoms with Gasteiger partial charge in [-0.3, -0.25) is 4.79 Å². The van der Waals surface area contributed by atoms with E-state index < -0.39 is 0 Å². The quantitative estimate of drug-likeness (QED) is 0.487. The average molecular weight is 226 g/mol. The van der Waals surface area contributed by atoms with Gasteiger partial charge in [0.15, 0.2) is 0 Å². The Labute approximate surface area is 94.9 Å². The molecule has 0 amide bonds. The minimum absolute atomic E-state index is 0.194. The summed E-state index contributed by atoms with van der Waals surface area (Å²) in [4.78, 5) is 20.8. The Morgan fingerprint density at radius 1 is 1.40 bits per heavy atom. The van der Waals surface area contributed by atoms with Crippen LogP contribution in [0.2, 0.25) is 0 Å². The predicted molar refractivity (Wildman–Crippen MR) is 61.0 cm³/mol. The zero-order chi connectivity index (χ0) is 11.5. The molecule has 0 saturated heterocycles. The largest absolute Gasteiger partial charge is 0.469 e. The zero-order valence-corrected chi connectivity index (χ0v) is 9.44. The first-order valence-corrected chi connectivity index (χ1v) is 4.90. The van der Waals surface area contributed by atoms with E-state index in [2.05, 4.69) is 17.4 Å². The molecule has 82 valence electrons. The van der Waals surface area contributed by atoms with Crippen LogP contribution in [0.25, 0.3) is 0 Å². The van der Waals surface area contributed by atoms with Gasteiger partial charge in [-0.05, 0) is 12.1 Å². The van der Waals surface area contributed by atoms with E-state index in [0.29, 0.717) is 6.29 Å². The van der Waals surface area contributed by atoms with E-state index in [1.165, 1.54) is 7.11 Å². The topological polar surface area (TPSA) is 43.4 Å². The fourth-order valence-corrected chi connectivity index (χ4v) is 0.879. The van der Waals surface area contributed by atoms with Crippen molar-refractivity contribution in [2.75, 3.05) is 7.11 Å². The predicted octanol–water partition coefficient (Wildman–Crippen LogP) is 2.11. The molecule has 0 aliphatic rings. The van der Waals surface area contributed by atoms with Gasteiger partial charge in [0.1, 0.15) is 6.29 Å². The van der Waals surface area contributed by atoms with Crippen molar-refractivity contribution in [1.82, 2.24) is 0 Å². The first-order chi connectivity index (χ1) is 7.20. The summed E-state index contributed by atoms with van der Waals surface area (Å²) in [5, 5.41) is 0. The van der Waals surface area contributed by atoms with E-state index >= 15 is 0 Å². The van der Waals surface area contributed by atoms with E-state index in [1.54, 1.807) is 0 Å². The first kappa shape index (κ1) is 13.7. The highest BCUT2D eigenvalue weighted by molar-refractivity contribution is 7.80. The Hall–Kier alpha value is -1.29. The van der Waals surface area contributed by atoms with E-state index in [4.69, 9.17) is 0 Å². The number of ether oxygens (including phenoxy) is 1. The third-order valence-corrected chi connectivity index (χ3v) is 1.75. The van der Waals surface area contributed by atoms with Gasteiger partial charge in [-0.15, -0.1) is 12.6 Å². The molecule has 3 nitrogen and oxygen atoms in total. The molecule has 0 spiro atoms. The minimum Gasteiger partial charge on any atom is -0.469 e. The van der Waals surface area contributed by atoms with E-state index in [-0.39, 0.29) is 18.8 Å². The molecule has 0 fully saturated rings. The molecule has 1 aromatic carbocycles. The van der Waals surface area contributed by atoms with Gasteiger partial charge in [0.05, 0.1) is 13.5 Å². The molecule has 0 aromatic heterocycles. The monoisotopic (exact) mass is 226 g/mol. The van der Waals surface area contributed by atoms with Crippen LogP contribution in [0.3, 0.4) is 0 Å². The summed E-state index contributed by atoms with van der Waals surface area (Å²) >= 11 is 4.08. The molecule has 1 rings (SSSR count). The molecule has 0 saturated carbocycles. The summed E-state index contributed by atoms with van der Waals surface area (Å²) < 4.78 is 4.25. The Bertz CT molecular complexity index is 285. The highest BCUT2D eigenvalue weighted by Gasteiger charge is 1.95. The summed E-state index contributed by atoms with van der Waals surface area (Å²) in [5.74, 6) is -0.336. The zero-order valence-electron chi connectivity index (χ0n) is 8.55. The van der Waals surface area contributed by atoms with Crippen LogP contribution in [-0.4, -0.2) is 19.4 Å². The Morgan fingerprint density at radius 3 is 2.33 bits per heavy atom. The maximum atomic E-state index is 10.2. The van der Waals surface area contributed by atoms with E-state index in [9.17, 15) is 9.59 Å². The Balaban J connectivity index is 0.000000262. The van der Waals surface area contributed by atoms with E-state index in [1.807, 2.05) is 30.3 Å². The maximum absolute atomic E-state index is 10.2. The standard InChI is InChI=1S/C6H6S.C5H8O3/c7-6-4-2-1-3-5-6;1-8-5(7)3-2-4-6/h1-5,7H;4H,2-3H2,1H3. The lowest BCUT2D eigenvalue weighted by Crippen LogP contribution is -1.99. The second kappa shape index (κ2) is 9.27. The van der Waals surface area contributed by atoms with Gasteiger partial charge in [-0.1, -0.05) is 18.2 Å². The molecule has 0 unspecified atom stereocenters. The molecule has 0 heterocycles. The maximum Gasteiger partial charge on any atom is 0.305 e. The summed E-state index contributed by atoms with van der Waals surface area (Å²) in [7, 11) is 1.30.